The molecule has 2 rings (SSSR count). The van der Waals surface area contributed by atoms with Gasteiger partial charge in [-0.2, -0.15) is 0 Å². The maximum absolute atomic E-state index is 5.93. The molecule has 18 heavy (non-hydrogen) atoms. The van der Waals surface area contributed by atoms with Gasteiger partial charge in [-0.3, -0.25) is 0 Å². The number of rotatable bonds is 4. The highest BCUT2D eigenvalue weighted by Crippen LogP contribution is 2.23. The zero-order valence-corrected chi connectivity index (χ0v) is 11.9. The average molecular weight is 306 g/mol. The van der Waals surface area contributed by atoms with E-state index in [-0.39, 0.29) is 6.10 Å². The molecule has 0 aliphatic heterocycles. The summed E-state index contributed by atoms with van der Waals surface area (Å²) < 4.78 is 6.98. The van der Waals surface area contributed by atoms with Crippen molar-refractivity contribution in [1.82, 2.24) is 0 Å². The van der Waals surface area contributed by atoms with Gasteiger partial charge in [0.1, 0.15) is 11.9 Å². The molecule has 0 fully saturated rings. The Morgan fingerprint density at radius 2 is 1.89 bits per heavy atom. The summed E-state index contributed by atoms with van der Waals surface area (Å²) in [6, 6.07) is 16.0. The smallest absolute Gasteiger partial charge is 0.136 e. The molecule has 0 saturated carbocycles. The lowest BCUT2D eigenvalue weighted by atomic mass is 10.1. The largest absolute Gasteiger partial charge is 0.484 e. The van der Waals surface area contributed by atoms with Crippen molar-refractivity contribution in [3.8, 4) is 5.75 Å². The Morgan fingerprint density at radius 1 is 1.17 bits per heavy atom. The van der Waals surface area contributed by atoms with Crippen LogP contribution in [-0.4, -0.2) is 6.54 Å². The topological polar surface area (TPSA) is 35.2 Å². The molecule has 0 aromatic heterocycles. The molecule has 2 aromatic carbocycles. The molecule has 0 spiro atoms. The van der Waals surface area contributed by atoms with Gasteiger partial charge in [-0.1, -0.05) is 40.2 Å². The minimum absolute atomic E-state index is 0.111. The number of hydrogen-bond acceptors (Lipinski definition) is 2. The maximum atomic E-state index is 5.93. The third-order valence-electron chi connectivity index (χ3n) is 2.72. The fourth-order valence-corrected chi connectivity index (χ4v) is 2.05. The first-order valence-electron chi connectivity index (χ1n) is 5.88. The maximum Gasteiger partial charge on any atom is 0.136 e. The monoisotopic (exact) mass is 305 g/mol. The molecule has 3 heteroatoms. The molecule has 94 valence electrons. The molecule has 0 bridgehead atoms. The van der Waals surface area contributed by atoms with Gasteiger partial charge in [-0.05, 0) is 42.3 Å². The summed E-state index contributed by atoms with van der Waals surface area (Å²) in [6.07, 6.45) is -0.111. The Balaban J connectivity index is 2.17. The summed E-state index contributed by atoms with van der Waals surface area (Å²) in [4.78, 5) is 0. The number of hydrogen-bond donors (Lipinski definition) is 1. The van der Waals surface area contributed by atoms with Crippen molar-refractivity contribution in [2.24, 2.45) is 5.73 Å². The number of nitrogens with two attached hydrogens (primary N) is 1. The number of aryl methyl sites for hydroxylation is 1. The predicted octanol–water partition coefficient (Wildman–Crippen LogP) is 3.84. The van der Waals surface area contributed by atoms with Gasteiger partial charge in [0.15, 0.2) is 0 Å². The van der Waals surface area contributed by atoms with Crippen LogP contribution >= 0.6 is 15.9 Å². The third kappa shape index (κ3) is 3.34. The van der Waals surface area contributed by atoms with E-state index in [0.29, 0.717) is 6.54 Å². The second-order valence-electron chi connectivity index (χ2n) is 4.21. The van der Waals surface area contributed by atoms with Gasteiger partial charge in [-0.15, -0.1) is 0 Å². The van der Waals surface area contributed by atoms with Crippen molar-refractivity contribution in [2.45, 2.75) is 13.0 Å². The van der Waals surface area contributed by atoms with Crippen molar-refractivity contribution < 1.29 is 4.74 Å². The quantitative estimate of drug-likeness (QED) is 0.931. The zero-order chi connectivity index (χ0) is 13.0. The molecule has 2 N–H and O–H groups in total. The SMILES string of the molecule is Cc1cccc(OC(CN)c2ccc(Br)cc2)c1. The van der Waals surface area contributed by atoms with E-state index in [0.717, 1.165) is 15.8 Å². The lowest BCUT2D eigenvalue weighted by Crippen LogP contribution is -2.18. The van der Waals surface area contributed by atoms with Crippen molar-refractivity contribution in [1.29, 1.82) is 0 Å². The normalized spacial score (nSPS) is 12.2. The van der Waals surface area contributed by atoms with Crippen LogP contribution < -0.4 is 10.5 Å². The molecule has 0 aliphatic rings. The van der Waals surface area contributed by atoms with E-state index in [1.54, 1.807) is 0 Å². The summed E-state index contributed by atoms with van der Waals surface area (Å²) in [6.45, 7) is 2.50. The molecular weight excluding hydrogens is 290 g/mol. The predicted molar refractivity (Wildman–Crippen MR) is 77.7 cm³/mol. The van der Waals surface area contributed by atoms with Crippen LogP contribution in [0.1, 0.15) is 17.2 Å². The lowest BCUT2D eigenvalue weighted by Gasteiger charge is -2.18. The fourth-order valence-electron chi connectivity index (χ4n) is 1.78. The third-order valence-corrected chi connectivity index (χ3v) is 3.25. The summed E-state index contributed by atoms with van der Waals surface area (Å²) >= 11 is 3.42. The fraction of sp³-hybridized carbons (Fsp3) is 0.200. The molecule has 0 saturated heterocycles. The van der Waals surface area contributed by atoms with Gasteiger partial charge in [0.05, 0.1) is 0 Å². The van der Waals surface area contributed by atoms with E-state index < -0.39 is 0 Å². The first-order valence-corrected chi connectivity index (χ1v) is 6.67. The van der Waals surface area contributed by atoms with Crippen LogP contribution in [-0.2, 0) is 0 Å². The zero-order valence-electron chi connectivity index (χ0n) is 10.3. The van der Waals surface area contributed by atoms with Gasteiger partial charge in [0, 0.05) is 11.0 Å². The molecule has 1 atom stereocenters. The van der Waals surface area contributed by atoms with E-state index in [1.807, 2.05) is 55.5 Å². The second kappa shape index (κ2) is 6.03. The summed E-state index contributed by atoms with van der Waals surface area (Å²) in [7, 11) is 0. The molecule has 1 unspecified atom stereocenters. The van der Waals surface area contributed by atoms with Crippen LogP contribution in [0.2, 0.25) is 0 Å². The van der Waals surface area contributed by atoms with E-state index in [2.05, 4.69) is 15.9 Å². The Bertz CT molecular complexity index is 510. The number of ether oxygens (including phenoxy) is 1. The van der Waals surface area contributed by atoms with E-state index in [9.17, 15) is 0 Å². The van der Waals surface area contributed by atoms with Crippen LogP contribution in [0.15, 0.2) is 53.0 Å². The van der Waals surface area contributed by atoms with Gasteiger partial charge in [-0.25, -0.2) is 0 Å². The minimum atomic E-state index is -0.111. The highest BCUT2D eigenvalue weighted by Gasteiger charge is 2.11. The molecule has 0 aliphatic carbocycles. The average Bonchev–Trinajstić information content (AvgIpc) is 2.37. The van der Waals surface area contributed by atoms with Gasteiger partial charge < -0.3 is 10.5 Å². The van der Waals surface area contributed by atoms with Crippen LogP contribution in [0.5, 0.6) is 5.75 Å². The van der Waals surface area contributed by atoms with Crippen molar-refractivity contribution in [2.75, 3.05) is 6.54 Å². The van der Waals surface area contributed by atoms with Crippen molar-refractivity contribution in [3.63, 3.8) is 0 Å². The Labute approximate surface area is 116 Å². The summed E-state index contributed by atoms with van der Waals surface area (Å²) in [5.41, 5.74) is 8.06. The van der Waals surface area contributed by atoms with Gasteiger partial charge in [0.2, 0.25) is 0 Å². The molecule has 0 radical (unpaired) electrons. The lowest BCUT2D eigenvalue weighted by molar-refractivity contribution is 0.214. The molecular formula is C15H16BrNO. The standard InChI is InChI=1S/C15H16BrNO/c1-11-3-2-4-14(9-11)18-15(10-17)12-5-7-13(16)8-6-12/h2-9,15H,10,17H2,1H3. The highest BCUT2D eigenvalue weighted by molar-refractivity contribution is 9.10. The van der Waals surface area contributed by atoms with E-state index in [1.165, 1.54) is 5.56 Å². The van der Waals surface area contributed by atoms with Gasteiger partial charge >= 0.3 is 0 Å². The van der Waals surface area contributed by atoms with Crippen LogP contribution in [0.4, 0.5) is 0 Å². The molecule has 2 aromatic rings. The van der Waals surface area contributed by atoms with Gasteiger partial charge in [0.25, 0.3) is 0 Å². The first-order chi connectivity index (χ1) is 8.69. The summed E-state index contributed by atoms with van der Waals surface area (Å²) in [5.74, 6) is 0.855. The van der Waals surface area contributed by atoms with Crippen LogP contribution in [0, 0.1) is 6.92 Å². The Kier molecular flexibility index (Phi) is 4.39. The Hall–Kier alpha value is -1.32. The van der Waals surface area contributed by atoms with E-state index >= 15 is 0 Å². The molecule has 0 heterocycles. The number of benzene rings is 2. The number of halogens is 1. The van der Waals surface area contributed by atoms with Crippen LogP contribution in [0.25, 0.3) is 0 Å². The summed E-state index contributed by atoms with van der Waals surface area (Å²) in [5, 5.41) is 0. The molecule has 2 nitrogen and oxygen atoms in total. The van der Waals surface area contributed by atoms with Crippen molar-refractivity contribution in [3.05, 3.63) is 64.1 Å². The van der Waals surface area contributed by atoms with Crippen LogP contribution in [0.3, 0.4) is 0 Å². The van der Waals surface area contributed by atoms with E-state index in [4.69, 9.17) is 10.5 Å². The van der Waals surface area contributed by atoms with Crippen molar-refractivity contribution >= 4 is 15.9 Å². The molecule has 0 amide bonds. The first kappa shape index (κ1) is 13.1. The second-order valence-corrected chi connectivity index (χ2v) is 5.13. The Morgan fingerprint density at radius 3 is 2.50 bits per heavy atom. The highest BCUT2D eigenvalue weighted by atomic mass is 79.9. The minimum Gasteiger partial charge on any atom is -0.484 e.